The van der Waals surface area contributed by atoms with Crippen LogP contribution in [0, 0.1) is 0 Å². The first-order chi connectivity index (χ1) is 9.24. The van der Waals surface area contributed by atoms with Gasteiger partial charge in [0.2, 0.25) is 0 Å². The Morgan fingerprint density at radius 1 is 1.05 bits per heavy atom. The summed E-state index contributed by atoms with van der Waals surface area (Å²) < 4.78 is 0. The smallest absolute Gasteiger partial charge is 0.0993 e. The van der Waals surface area contributed by atoms with Crippen molar-refractivity contribution in [1.29, 1.82) is 0 Å². The molecule has 0 fully saturated rings. The zero-order chi connectivity index (χ0) is 13.2. The molecule has 2 aromatic carbocycles. The van der Waals surface area contributed by atoms with E-state index in [1.165, 1.54) is 5.56 Å². The first-order valence-corrected chi connectivity index (χ1v) is 6.90. The van der Waals surface area contributed by atoms with Gasteiger partial charge in [-0.3, -0.25) is 0 Å². The highest BCUT2D eigenvalue weighted by Crippen LogP contribution is 2.31. The molecule has 2 N–H and O–H groups in total. The minimum atomic E-state index is -0.458. The second-order valence-electron chi connectivity index (χ2n) is 4.94. The summed E-state index contributed by atoms with van der Waals surface area (Å²) in [6.07, 6.45) is 1.47. The molecule has 0 amide bonds. The third-order valence-corrected chi connectivity index (χ3v) is 3.93. The van der Waals surface area contributed by atoms with Crippen molar-refractivity contribution in [3.05, 3.63) is 64.7 Å². The molecule has 3 rings (SSSR count). The van der Waals surface area contributed by atoms with Crippen LogP contribution in [0.5, 0.6) is 0 Å². The molecule has 19 heavy (non-hydrogen) atoms. The number of halogens is 1. The predicted octanol–water partition coefficient (Wildman–Crippen LogP) is 3.80. The number of aryl methyl sites for hydroxylation is 1. The molecule has 98 valence electrons. The van der Waals surface area contributed by atoms with E-state index in [0.29, 0.717) is 0 Å². The number of hydrogen-bond donors (Lipinski definition) is 2. The first kappa shape index (κ1) is 12.5. The Hall–Kier alpha value is -1.51. The van der Waals surface area contributed by atoms with Gasteiger partial charge in [-0.05, 0) is 48.2 Å². The lowest BCUT2D eigenvalue weighted by molar-refractivity contribution is 0.142. The highest BCUT2D eigenvalue weighted by atomic mass is 35.5. The van der Waals surface area contributed by atoms with Gasteiger partial charge >= 0.3 is 0 Å². The number of benzene rings is 2. The zero-order valence-corrected chi connectivity index (χ0v) is 11.3. The van der Waals surface area contributed by atoms with E-state index in [4.69, 9.17) is 11.6 Å². The second kappa shape index (κ2) is 5.24. The van der Waals surface area contributed by atoms with Crippen molar-refractivity contribution in [2.45, 2.75) is 25.0 Å². The van der Waals surface area contributed by atoms with Gasteiger partial charge in [-0.2, -0.15) is 0 Å². The number of aliphatic hydroxyl groups excluding tert-OH is 1. The molecular weight excluding hydrogens is 258 g/mol. The summed E-state index contributed by atoms with van der Waals surface area (Å²) in [5, 5.41) is 14.6. The van der Waals surface area contributed by atoms with Crippen LogP contribution < -0.4 is 5.32 Å². The number of aliphatic hydroxyl groups is 1. The summed E-state index contributed by atoms with van der Waals surface area (Å²) >= 11 is 5.87. The fraction of sp³-hybridized carbons (Fsp3) is 0.250. The van der Waals surface area contributed by atoms with Crippen LogP contribution in [0.2, 0.25) is 5.02 Å². The Morgan fingerprint density at radius 3 is 2.58 bits per heavy atom. The topological polar surface area (TPSA) is 32.3 Å². The fourth-order valence-corrected chi connectivity index (χ4v) is 2.77. The quantitative estimate of drug-likeness (QED) is 0.872. The lowest BCUT2D eigenvalue weighted by Gasteiger charge is -2.31. The van der Waals surface area contributed by atoms with Crippen molar-refractivity contribution in [3.8, 4) is 0 Å². The molecule has 1 aliphatic carbocycles. The van der Waals surface area contributed by atoms with Crippen molar-refractivity contribution in [2.24, 2.45) is 0 Å². The fourth-order valence-electron chi connectivity index (χ4n) is 2.65. The summed E-state index contributed by atoms with van der Waals surface area (Å²) in [4.78, 5) is 0. The predicted molar refractivity (Wildman–Crippen MR) is 78.6 cm³/mol. The normalized spacial score (nSPS) is 21.8. The van der Waals surface area contributed by atoms with Gasteiger partial charge in [-0.25, -0.2) is 0 Å². The summed E-state index contributed by atoms with van der Waals surface area (Å²) in [6.45, 7) is 0. The summed E-state index contributed by atoms with van der Waals surface area (Å²) in [5.74, 6) is 0. The average molecular weight is 274 g/mol. The Kier molecular flexibility index (Phi) is 3.45. The molecule has 0 heterocycles. The van der Waals surface area contributed by atoms with Gasteiger partial charge < -0.3 is 10.4 Å². The van der Waals surface area contributed by atoms with Crippen LogP contribution in [0.3, 0.4) is 0 Å². The van der Waals surface area contributed by atoms with Crippen LogP contribution in [-0.4, -0.2) is 11.1 Å². The van der Waals surface area contributed by atoms with Gasteiger partial charge in [-0.15, -0.1) is 0 Å². The molecule has 1 aliphatic rings. The largest absolute Gasteiger partial charge is 0.386 e. The molecule has 0 spiro atoms. The molecule has 2 aromatic rings. The van der Waals surface area contributed by atoms with Crippen molar-refractivity contribution < 1.29 is 5.11 Å². The van der Waals surface area contributed by atoms with Crippen molar-refractivity contribution >= 4 is 17.3 Å². The highest BCUT2D eigenvalue weighted by molar-refractivity contribution is 6.30. The van der Waals surface area contributed by atoms with Gasteiger partial charge in [0, 0.05) is 10.7 Å². The first-order valence-electron chi connectivity index (χ1n) is 6.52. The Balaban J connectivity index is 1.79. The lowest BCUT2D eigenvalue weighted by atomic mass is 9.86. The maximum atomic E-state index is 10.4. The van der Waals surface area contributed by atoms with Crippen molar-refractivity contribution in [3.63, 3.8) is 0 Å². The molecule has 0 saturated carbocycles. The minimum Gasteiger partial charge on any atom is -0.386 e. The van der Waals surface area contributed by atoms with E-state index < -0.39 is 6.10 Å². The van der Waals surface area contributed by atoms with Crippen LogP contribution >= 0.6 is 11.6 Å². The van der Waals surface area contributed by atoms with E-state index in [0.717, 1.165) is 29.1 Å². The van der Waals surface area contributed by atoms with Crippen molar-refractivity contribution in [1.82, 2.24) is 0 Å². The maximum Gasteiger partial charge on any atom is 0.0993 e. The maximum absolute atomic E-state index is 10.4. The van der Waals surface area contributed by atoms with Gasteiger partial charge in [0.25, 0.3) is 0 Å². The molecule has 0 aromatic heterocycles. The molecule has 2 unspecified atom stereocenters. The highest BCUT2D eigenvalue weighted by Gasteiger charge is 2.27. The Bertz CT molecular complexity index is 567. The molecule has 0 saturated heterocycles. The monoisotopic (exact) mass is 273 g/mol. The number of anilines is 1. The number of fused-ring (bicyclic) bond motifs is 1. The second-order valence-corrected chi connectivity index (χ2v) is 5.38. The van der Waals surface area contributed by atoms with E-state index in [1.54, 1.807) is 0 Å². The van der Waals surface area contributed by atoms with Crippen LogP contribution in [-0.2, 0) is 6.42 Å². The number of hydrogen-bond acceptors (Lipinski definition) is 2. The van der Waals surface area contributed by atoms with Crippen LogP contribution in [0.4, 0.5) is 5.69 Å². The van der Waals surface area contributed by atoms with E-state index in [-0.39, 0.29) is 6.04 Å². The van der Waals surface area contributed by atoms with Crippen molar-refractivity contribution in [2.75, 3.05) is 5.32 Å². The van der Waals surface area contributed by atoms with Gasteiger partial charge in [0.15, 0.2) is 0 Å². The van der Waals surface area contributed by atoms with E-state index >= 15 is 0 Å². The van der Waals surface area contributed by atoms with E-state index in [2.05, 4.69) is 11.4 Å². The Morgan fingerprint density at radius 2 is 1.79 bits per heavy atom. The Labute approximate surface area is 118 Å². The molecule has 2 atom stereocenters. The third-order valence-electron chi connectivity index (χ3n) is 3.68. The van der Waals surface area contributed by atoms with Crippen LogP contribution in [0.15, 0.2) is 48.5 Å². The van der Waals surface area contributed by atoms with E-state index in [1.807, 2.05) is 42.5 Å². The zero-order valence-electron chi connectivity index (χ0n) is 10.5. The molecule has 3 heteroatoms. The van der Waals surface area contributed by atoms with Crippen LogP contribution in [0.25, 0.3) is 0 Å². The standard InChI is InChI=1S/C16H16ClNO/c17-12-6-8-13(9-7-12)18-15-10-5-11-3-1-2-4-14(11)16(15)19/h1-4,6-9,15-16,18-19H,5,10H2. The molecular formula is C16H16ClNO. The van der Waals surface area contributed by atoms with Crippen LogP contribution in [0.1, 0.15) is 23.7 Å². The van der Waals surface area contributed by atoms with Gasteiger partial charge in [-0.1, -0.05) is 35.9 Å². The average Bonchev–Trinajstić information content (AvgIpc) is 2.45. The third kappa shape index (κ3) is 2.60. The molecule has 0 radical (unpaired) electrons. The SMILES string of the molecule is OC1c2ccccc2CCC1Nc1ccc(Cl)cc1. The van der Waals surface area contributed by atoms with E-state index in [9.17, 15) is 5.11 Å². The van der Waals surface area contributed by atoms with Gasteiger partial charge in [0.05, 0.1) is 12.1 Å². The molecule has 2 nitrogen and oxygen atoms in total. The summed E-state index contributed by atoms with van der Waals surface area (Å²) in [7, 11) is 0. The number of nitrogens with one attached hydrogen (secondary N) is 1. The number of rotatable bonds is 2. The minimum absolute atomic E-state index is 0.0519. The molecule has 0 aliphatic heterocycles. The molecule has 0 bridgehead atoms. The van der Waals surface area contributed by atoms with Gasteiger partial charge in [0.1, 0.15) is 0 Å². The summed E-state index contributed by atoms with van der Waals surface area (Å²) in [6, 6.07) is 15.7. The summed E-state index contributed by atoms with van der Waals surface area (Å²) in [5.41, 5.74) is 3.29. The lowest BCUT2D eigenvalue weighted by Crippen LogP contribution is -2.32.